The van der Waals surface area contributed by atoms with Crippen molar-refractivity contribution < 1.29 is 9.53 Å². The van der Waals surface area contributed by atoms with Gasteiger partial charge < -0.3 is 4.74 Å². The van der Waals surface area contributed by atoms with Gasteiger partial charge >= 0.3 is 0 Å². The molecule has 0 aliphatic heterocycles. The molecule has 3 nitrogen and oxygen atoms in total. The molecule has 0 bridgehead atoms. The standard InChI is InChI=1S/C18H22ClNO2S/c1-12(2)17-11-20-18(23-17)10-14(21)5-4-8-22-15-6-7-16(19)13(3)9-15/h6-7,9,11-12H,4-5,8,10H2,1-3H3. The first-order valence-corrected chi connectivity index (χ1v) is 9.00. The first-order chi connectivity index (χ1) is 11.0. The van der Waals surface area contributed by atoms with Crippen LogP contribution in [-0.4, -0.2) is 17.4 Å². The zero-order valence-electron chi connectivity index (χ0n) is 13.8. The average Bonchev–Trinajstić information content (AvgIpc) is 2.96. The molecule has 2 aromatic rings. The normalized spacial score (nSPS) is 11.0. The number of aryl methyl sites for hydroxylation is 1. The van der Waals surface area contributed by atoms with Crippen LogP contribution in [0.2, 0.25) is 5.02 Å². The third kappa shape index (κ3) is 5.63. The van der Waals surface area contributed by atoms with Crippen LogP contribution in [0.25, 0.3) is 0 Å². The summed E-state index contributed by atoms with van der Waals surface area (Å²) in [5.41, 5.74) is 0.991. The second-order valence-corrected chi connectivity index (χ2v) is 7.44. The number of hydrogen-bond donors (Lipinski definition) is 0. The number of carbonyl (C=O) groups excluding carboxylic acids is 1. The van der Waals surface area contributed by atoms with Crippen molar-refractivity contribution in [1.82, 2.24) is 4.98 Å². The molecule has 1 heterocycles. The van der Waals surface area contributed by atoms with Gasteiger partial charge in [-0.05, 0) is 43.0 Å². The van der Waals surface area contributed by atoms with E-state index in [0.717, 1.165) is 21.3 Å². The molecule has 0 aliphatic rings. The van der Waals surface area contributed by atoms with Gasteiger partial charge in [-0.25, -0.2) is 4.98 Å². The van der Waals surface area contributed by atoms with Crippen LogP contribution in [0, 0.1) is 6.92 Å². The van der Waals surface area contributed by atoms with Crippen molar-refractivity contribution in [2.24, 2.45) is 0 Å². The third-order valence-electron chi connectivity index (χ3n) is 3.49. The van der Waals surface area contributed by atoms with Crippen LogP contribution in [0.1, 0.15) is 48.1 Å². The van der Waals surface area contributed by atoms with Crippen LogP contribution in [0.5, 0.6) is 5.75 Å². The molecule has 0 atom stereocenters. The van der Waals surface area contributed by atoms with Crippen molar-refractivity contribution in [2.75, 3.05) is 6.61 Å². The molecule has 5 heteroatoms. The van der Waals surface area contributed by atoms with Gasteiger partial charge in [0.25, 0.3) is 0 Å². The fraction of sp³-hybridized carbons (Fsp3) is 0.444. The molecular weight excluding hydrogens is 330 g/mol. The van der Waals surface area contributed by atoms with Crippen molar-refractivity contribution in [3.8, 4) is 5.75 Å². The van der Waals surface area contributed by atoms with Gasteiger partial charge in [0.2, 0.25) is 0 Å². The molecule has 0 saturated heterocycles. The Hall–Kier alpha value is -1.39. The van der Waals surface area contributed by atoms with Crippen molar-refractivity contribution in [1.29, 1.82) is 0 Å². The molecule has 0 radical (unpaired) electrons. The predicted octanol–water partition coefficient (Wildman–Crippen LogP) is 5.20. The van der Waals surface area contributed by atoms with Gasteiger partial charge in [-0.15, -0.1) is 11.3 Å². The van der Waals surface area contributed by atoms with Crippen LogP contribution in [-0.2, 0) is 11.2 Å². The van der Waals surface area contributed by atoms with E-state index in [1.54, 1.807) is 11.3 Å². The van der Waals surface area contributed by atoms with E-state index in [4.69, 9.17) is 16.3 Å². The highest BCUT2D eigenvalue weighted by Crippen LogP contribution is 2.23. The van der Waals surface area contributed by atoms with E-state index >= 15 is 0 Å². The Labute approximate surface area is 146 Å². The Kier molecular flexibility index (Phi) is 6.60. The summed E-state index contributed by atoms with van der Waals surface area (Å²) >= 11 is 7.61. The van der Waals surface area contributed by atoms with E-state index in [9.17, 15) is 4.79 Å². The van der Waals surface area contributed by atoms with Crippen molar-refractivity contribution >= 4 is 28.7 Å². The summed E-state index contributed by atoms with van der Waals surface area (Å²) in [6.07, 6.45) is 3.54. The highest BCUT2D eigenvalue weighted by Gasteiger charge is 2.10. The summed E-state index contributed by atoms with van der Waals surface area (Å²) in [5.74, 6) is 1.47. The maximum atomic E-state index is 12.0. The summed E-state index contributed by atoms with van der Waals surface area (Å²) < 4.78 is 5.65. The number of halogens is 1. The second kappa shape index (κ2) is 8.46. The van der Waals surface area contributed by atoms with Gasteiger partial charge in [-0.1, -0.05) is 25.4 Å². The first kappa shape index (κ1) is 18.0. The highest BCUT2D eigenvalue weighted by atomic mass is 35.5. The van der Waals surface area contributed by atoms with Crippen LogP contribution >= 0.6 is 22.9 Å². The lowest BCUT2D eigenvalue weighted by atomic mass is 10.2. The molecule has 0 amide bonds. The minimum absolute atomic E-state index is 0.213. The lowest BCUT2D eigenvalue weighted by molar-refractivity contribution is -0.118. The molecule has 2 rings (SSSR count). The number of ketones is 1. The fourth-order valence-corrected chi connectivity index (χ4v) is 3.17. The van der Waals surface area contributed by atoms with Crippen LogP contribution < -0.4 is 4.74 Å². The average molecular weight is 352 g/mol. The number of hydrogen-bond acceptors (Lipinski definition) is 4. The van der Waals surface area contributed by atoms with Gasteiger partial charge in [-0.2, -0.15) is 0 Å². The topological polar surface area (TPSA) is 39.2 Å². The Morgan fingerprint density at radius 2 is 2.17 bits per heavy atom. The molecule has 0 saturated carbocycles. The molecular formula is C18H22ClNO2S. The highest BCUT2D eigenvalue weighted by molar-refractivity contribution is 7.11. The smallest absolute Gasteiger partial charge is 0.139 e. The summed E-state index contributed by atoms with van der Waals surface area (Å²) in [5, 5.41) is 1.64. The molecule has 1 aromatic heterocycles. The molecule has 23 heavy (non-hydrogen) atoms. The summed E-state index contributed by atoms with van der Waals surface area (Å²) in [6, 6.07) is 5.58. The molecule has 0 N–H and O–H groups in total. The lowest BCUT2D eigenvalue weighted by Crippen LogP contribution is -2.06. The van der Waals surface area contributed by atoms with Crippen LogP contribution in [0.15, 0.2) is 24.4 Å². The summed E-state index contributed by atoms with van der Waals surface area (Å²) in [6.45, 7) is 6.74. The number of nitrogens with zero attached hydrogens (tertiary/aromatic N) is 1. The number of rotatable bonds is 8. The van der Waals surface area contributed by atoms with E-state index in [1.807, 2.05) is 31.3 Å². The number of aromatic nitrogens is 1. The zero-order valence-corrected chi connectivity index (χ0v) is 15.3. The molecule has 1 aromatic carbocycles. The third-order valence-corrected chi connectivity index (χ3v) is 5.21. The Morgan fingerprint density at radius 3 is 2.83 bits per heavy atom. The van der Waals surface area contributed by atoms with E-state index < -0.39 is 0 Å². The van der Waals surface area contributed by atoms with Gasteiger partial charge in [0.1, 0.15) is 16.5 Å². The zero-order chi connectivity index (χ0) is 16.8. The quantitative estimate of drug-likeness (QED) is 0.613. The SMILES string of the molecule is Cc1cc(OCCCC(=O)Cc2ncc(C(C)C)s2)ccc1Cl. The van der Waals surface area contributed by atoms with Gasteiger partial charge in [0, 0.05) is 22.5 Å². The van der Waals surface area contributed by atoms with Crippen LogP contribution in [0.3, 0.4) is 0 Å². The minimum Gasteiger partial charge on any atom is -0.494 e. The minimum atomic E-state index is 0.213. The maximum Gasteiger partial charge on any atom is 0.139 e. The number of benzene rings is 1. The monoisotopic (exact) mass is 351 g/mol. The number of ether oxygens (including phenoxy) is 1. The van der Waals surface area contributed by atoms with Crippen molar-refractivity contribution in [3.63, 3.8) is 0 Å². The number of carbonyl (C=O) groups is 1. The summed E-state index contributed by atoms with van der Waals surface area (Å²) in [4.78, 5) is 17.6. The van der Waals surface area contributed by atoms with E-state index in [2.05, 4.69) is 18.8 Å². The van der Waals surface area contributed by atoms with Gasteiger partial charge in [-0.3, -0.25) is 4.79 Å². The number of thiazole rings is 1. The fourth-order valence-electron chi connectivity index (χ4n) is 2.10. The Morgan fingerprint density at radius 1 is 1.39 bits per heavy atom. The maximum absolute atomic E-state index is 12.0. The van der Waals surface area contributed by atoms with E-state index in [0.29, 0.717) is 31.8 Å². The molecule has 0 aliphatic carbocycles. The van der Waals surface area contributed by atoms with Crippen molar-refractivity contribution in [3.05, 3.63) is 44.9 Å². The van der Waals surface area contributed by atoms with E-state index in [-0.39, 0.29) is 5.78 Å². The Balaban J connectivity index is 1.71. The van der Waals surface area contributed by atoms with E-state index in [1.165, 1.54) is 4.88 Å². The summed E-state index contributed by atoms with van der Waals surface area (Å²) in [7, 11) is 0. The number of Topliss-reactive ketones (excluding diaryl/α,β-unsaturated/α-hetero) is 1. The molecule has 0 fully saturated rings. The first-order valence-electron chi connectivity index (χ1n) is 7.81. The molecule has 124 valence electrons. The van der Waals surface area contributed by atoms with Crippen LogP contribution in [0.4, 0.5) is 0 Å². The molecule has 0 spiro atoms. The predicted molar refractivity (Wildman–Crippen MR) is 95.8 cm³/mol. The second-order valence-electron chi connectivity index (χ2n) is 5.89. The van der Waals surface area contributed by atoms with Crippen molar-refractivity contribution in [2.45, 2.75) is 46.0 Å². The molecule has 0 unspecified atom stereocenters. The Bertz CT molecular complexity index is 667. The largest absolute Gasteiger partial charge is 0.494 e. The van der Waals surface area contributed by atoms with Gasteiger partial charge in [0.15, 0.2) is 0 Å². The lowest BCUT2D eigenvalue weighted by Gasteiger charge is -2.07. The van der Waals surface area contributed by atoms with Gasteiger partial charge in [0.05, 0.1) is 13.0 Å².